The van der Waals surface area contributed by atoms with Gasteiger partial charge in [0.1, 0.15) is 22.0 Å². The average molecular weight is 658 g/mol. The second kappa shape index (κ2) is 13.2. The van der Waals surface area contributed by atoms with E-state index < -0.39 is 0 Å². The minimum Gasteiger partial charge on any atom is -0.508 e. The van der Waals surface area contributed by atoms with E-state index in [0.717, 1.165) is 28.1 Å². The number of thioether (sulfide) groups is 1. The molecule has 0 radical (unpaired) electrons. The molecule has 3 atom stereocenters. The fourth-order valence-electron chi connectivity index (χ4n) is 5.69. The van der Waals surface area contributed by atoms with E-state index in [-0.39, 0.29) is 34.2 Å². The highest BCUT2D eigenvalue weighted by molar-refractivity contribution is 8.01. The van der Waals surface area contributed by atoms with Gasteiger partial charge in [0.05, 0.1) is 28.2 Å². The number of carbonyl (C=O) groups excluding carboxylic acids is 2. The van der Waals surface area contributed by atoms with Crippen LogP contribution in [0.1, 0.15) is 43.4 Å². The van der Waals surface area contributed by atoms with Crippen LogP contribution in [0.3, 0.4) is 0 Å². The van der Waals surface area contributed by atoms with Crippen molar-refractivity contribution in [3.63, 3.8) is 0 Å². The second-order valence-electron chi connectivity index (χ2n) is 11.1. The fourth-order valence-corrected chi connectivity index (χ4v) is 8.04. The zero-order valence-corrected chi connectivity index (χ0v) is 27.0. The van der Waals surface area contributed by atoms with E-state index in [1.807, 2.05) is 102 Å². The van der Waals surface area contributed by atoms with Gasteiger partial charge in [0, 0.05) is 11.1 Å². The molecule has 7 rings (SSSR count). The Bertz CT molecular complexity index is 1990. The number of phenolic OH excluding ortho intramolecular Hbond substituents is 1. The van der Waals surface area contributed by atoms with Crippen LogP contribution in [0.25, 0.3) is 6.08 Å². The predicted octanol–water partition coefficient (Wildman–Crippen LogP) is 8.01. The summed E-state index contributed by atoms with van der Waals surface area (Å²) in [7, 11) is 0. The van der Waals surface area contributed by atoms with Gasteiger partial charge in [0.2, 0.25) is 0 Å². The van der Waals surface area contributed by atoms with Gasteiger partial charge in [-0.2, -0.15) is 0 Å². The van der Waals surface area contributed by atoms with Gasteiger partial charge in [0.25, 0.3) is 11.8 Å². The molecular weight excluding hydrogens is 627 g/mol. The Labute approximate surface area is 280 Å². The molecular formula is C37H31N5O3S2. The number of carbonyl (C=O) groups is 2. The van der Waals surface area contributed by atoms with Crippen molar-refractivity contribution in [1.82, 2.24) is 10.4 Å². The Morgan fingerprint density at radius 2 is 1.60 bits per heavy atom. The third-order valence-corrected chi connectivity index (χ3v) is 10.4. The Balaban J connectivity index is 1.28. The van der Waals surface area contributed by atoms with Gasteiger partial charge in [-0.3, -0.25) is 20.0 Å². The fraction of sp³-hybridized carbons (Fsp3) is 0.108. The van der Waals surface area contributed by atoms with Gasteiger partial charge >= 0.3 is 0 Å². The molecule has 1 saturated heterocycles. The van der Waals surface area contributed by atoms with Crippen molar-refractivity contribution in [2.45, 2.75) is 23.6 Å². The molecule has 5 aromatic rings. The molecule has 4 N–H and O–H groups in total. The molecule has 2 aliphatic heterocycles. The summed E-state index contributed by atoms with van der Waals surface area (Å²) in [6.45, 7) is 1.86. The van der Waals surface area contributed by atoms with Crippen molar-refractivity contribution >= 4 is 63.2 Å². The van der Waals surface area contributed by atoms with Crippen LogP contribution in [0.15, 0.2) is 126 Å². The standard InChI is InChI=1S/C37H31N5O3S2/c1-23-22-46-37(40-35(44)25-14-6-3-7-15-25)31(23)36(45)41-42-30(21-20-24-12-4-2-5-13-24)47-33-32(26-16-8-11-19-29(26)43)38-27-17-9-10-18-28(27)39-34(33)42/h2-22,30,32-33,38,43H,1H3,(H,40,44)(H,41,45)/b21-20+. The molecule has 3 unspecified atom stereocenters. The topological polar surface area (TPSA) is 106 Å². The Morgan fingerprint density at radius 1 is 0.894 bits per heavy atom. The number of hydrogen-bond acceptors (Lipinski definition) is 8. The van der Waals surface area contributed by atoms with E-state index in [0.29, 0.717) is 22.0 Å². The molecule has 2 amide bonds. The number of nitrogens with zero attached hydrogens (tertiary/aromatic N) is 2. The molecule has 1 fully saturated rings. The number of rotatable bonds is 7. The first-order valence-electron chi connectivity index (χ1n) is 15.1. The van der Waals surface area contributed by atoms with E-state index >= 15 is 0 Å². The zero-order chi connectivity index (χ0) is 32.3. The van der Waals surface area contributed by atoms with E-state index in [2.05, 4.69) is 16.1 Å². The van der Waals surface area contributed by atoms with Crippen molar-refractivity contribution < 1.29 is 14.7 Å². The summed E-state index contributed by atoms with van der Waals surface area (Å²) < 4.78 is 0. The summed E-state index contributed by atoms with van der Waals surface area (Å²) in [5.74, 6) is 0.164. The quantitative estimate of drug-likeness (QED) is 0.141. The monoisotopic (exact) mass is 657 g/mol. The first kappa shape index (κ1) is 30.3. The molecule has 234 valence electrons. The highest BCUT2D eigenvalue weighted by Crippen LogP contribution is 2.47. The summed E-state index contributed by atoms with van der Waals surface area (Å²) in [6.07, 6.45) is 4.07. The lowest BCUT2D eigenvalue weighted by molar-refractivity contribution is 0.0873. The number of aliphatic imine (C=N–C) groups is 1. The lowest BCUT2D eigenvalue weighted by atomic mass is 10.0. The van der Waals surface area contributed by atoms with E-state index in [1.165, 1.54) is 11.3 Å². The van der Waals surface area contributed by atoms with Gasteiger partial charge in [-0.1, -0.05) is 84.9 Å². The first-order valence-corrected chi connectivity index (χ1v) is 16.9. The number of para-hydroxylation sites is 3. The molecule has 47 heavy (non-hydrogen) atoms. The Morgan fingerprint density at radius 3 is 2.38 bits per heavy atom. The van der Waals surface area contributed by atoms with E-state index in [1.54, 1.807) is 48.2 Å². The van der Waals surface area contributed by atoms with Crippen molar-refractivity contribution in [3.05, 3.63) is 148 Å². The molecule has 1 aromatic heterocycles. The van der Waals surface area contributed by atoms with Gasteiger partial charge in [-0.25, -0.2) is 4.99 Å². The highest BCUT2D eigenvalue weighted by Gasteiger charge is 2.45. The summed E-state index contributed by atoms with van der Waals surface area (Å²) >= 11 is 2.94. The number of hydrazine groups is 1. The smallest absolute Gasteiger partial charge is 0.273 e. The number of amidine groups is 1. The summed E-state index contributed by atoms with van der Waals surface area (Å²) in [5, 5.41) is 21.1. The van der Waals surface area contributed by atoms with E-state index in [9.17, 15) is 14.7 Å². The van der Waals surface area contributed by atoms with Crippen LogP contribution >= 0.6 is 23.1 Å². The van der Waals surface area contributed by atoms with Gasteiger partial charge < -0.3 is 15.7 Å². The molecule has 0 bridgehead atoms. The van der Waals surface area contributed by atoms with E-state index in [4.69, 9.17) is 4.99 Å². The SMILES string of the molecule is Cc1csc(NC(=O)c2ccccc2)c1C(=O)NN1C2=Nc3ccccc3NC(c3ccccc3O)C2SC1/C=C/c1ccccc1. The third kappa shape index (κ3) is 6.25. The number of phenols is 1. The minimum absolute atomic E-state index is 0.177. The van der Waals surface area contributed by atoms with Crippen LogP contribution in [0.4, 0.5) is 16.4 Å². The largest absolute Gasteiger partial charge is 0.508 e. The first-order chi connectivity index (χ1) is 23.0. The number of aryl methyl sites for hydroxylation is 1. The molecule has 4 aromatic carbocycles. The van der Waals surface area contributed by atoms with Crippen LogP contribution in [0.2, 0.25) is 0 Å². The summed E-state index contributed by atoms with van der Waals surface area (Å²) in [6, 6.07) is 33.6. The van der Waals surface area contributed by atoms with Crippen molar-refractivity contribution in [2.24, 2.45) is 4.99 Å². The van der Waals surface area contributed by atoms with Crippen molar-refractivity contribution in [1.29, 1.82) is 0 Å². The predicted molar refractivity (Wildman–Crippen MR) is 191 cm³/mol. The Kier molecular flexibility index (Phi) is 8.52. The second-order valence-corrected chi connectivity index (χ2v) is 13.3. The molecule has 3 heterocycles. The van der Waals surface area contributed by atoms with Crippen LogP contribution < -0.4 is 16.1 Å². The molecule has 8 nitrogen and oxygen atoms in total. The Hall–Kier alpha value is -5.32. The lowest BCUT2D eigenvalue weighted by Gasteiger charge is -2.26. The number of anilines is 2. The van der Waals surface area contributed by atoms with Crippen LogP contribution in [0, 0.1) is 6.92 Å². The highest BCUT2D eigenvalue weighted by atomic mass is 32.2. The molecule has 2 aliphatic rings. The van der Waals surface area contributed by atoms with Gasteiger partial charge in [-0.15, -0.1) is 23.1 Å². The molecule has 0 spiro atoms. The number of hydrogen-bond donors (Lipinski definition) is 4. The number of thiophene rings is 1. The van der Waals surface area contributed by atoms with Gasteiger partial charge in [-0.05, 0) is 59.8 Å². The maximum absolute atomic E-state index is 14.2. The summed E-state index contributed by atoms with van der Waals surface area (Å²) in [5.41, 5.74) is 8.11. The lowest BCUT2D eigenvalue weighted by Crippen LogP contribution is -2.48. The number of aromatic hydroxyl groups is 1. The maximum Gasteiger partial charge on any atom is 0.273 e. The van der Waals surface area contributed by atoms with Gasteiger partial charge in [0.15, 0.2) is 0 Å². The normalized spacial score (nSPS) is 18.4. The zero-order valence-electron chi connectivity index (χ0n) is 25.3. The minimum atomic E-state index is -0.362. The maximum atomic E-state index is 14.2. The number of fused-ring (bicyclic) bond motifs is 2. The molecule has 10 heteroatoms. The number of nitrogens with one attached hydrogen (secondary N) is 3. The summed E-state index contributed by atoms with van der Waals surface area (Å²) in [4.78, 5) is 32.4. The van der Waals surface area contributed by atoms with Crippen LogP contribution in [-0.2, 0) is 0 Å². The molecule has 0 aliphatic carbocycles. The van der Waals surface area contributed by atoms with Crippen molar-refractivity contribution in [3.8, 4) is 5.75 Å². The molecule has 0 saturated carbocycles. The van der Waals surface area contributed by atoms with Crippen molar-refractivity contribution in [2.75, 3.05) is 10.6 Å². The number of amides is 2. The third-order valence-electron chi connectivity index (χ3n) is 8.01. The van der Waals surface area contributed by atoms with Crippen LogP contribution in [-0.4, -0.2) is 38.4 Å². The van der Waals surface area contributed by atoms with Crippen LogP contribution in [0.5, 0.6) is 5.75 Å². The number of benzene rings is 4. The average Bonchev–Trinajstić information content (AvgIpc) is 3.57.